The Hall–Kier alpha value is -1.58. The summed E-state index contributed by atoms with van der Waals surface area (Å²) in [4.78, 5) is 20.1. The van der Waals surface area contributed by atoms with Crippen molar-refractivity contribution in [2.75, 3.05) is 25.5 Å². The minimum atomic E-state index is 0.0282. The molecule has 0 radical (unpaired) electrons. The second-order valence-electron chi connectivity index (χ2n) is 4.79. The fourth-order valence-corrected chi connectivity index (χ4v) is 2.24. The number of carbonyl (C=O) groups is 1. The van der Waals surface area contributed by atoms with E-state index in [2.05, 4.69) is 16.8 Å². The van der Waals surface area contributed by atoms with Crippen molar-refractivity contribution >= 4 is 11.7 Å². The van der Waals surface area contributed by atoms with E-state index >= 15 is 0 Å². The van der Waals surface area contributed by atoms with Crippen molar-refractivity contribution in [1.82, 2.24) is 9.88 Å². The van der Waals surface area contributed by atoms with E-state index in [0.717, 1.165) is 12.4 Å². The Labute approximate surface area is 102 Å². The number of rotatable bonds is 2. The molecule has 0 N–H and O–H groups in total. The van der Waals surface area contributed by atoms with Gasteiger partial charge < -0.3 is 9.80 Å². The summed E-state index contributed by atoms with van der Waals surface area (Å²) in [6.07, 6.45) is 4.12. The van der Waals surface area contributed by atoms with Gasteiger partial charge in [0.25, 0.3) is 5.91 Å². The molecule has 17 heavy (non-hydrogen) atoms. The molecule has 0 aliphatic carbocycles. The molecule has 1 atom stereocenters. The van der Waals surface area contributed by atoms with Crippen LogP contribution in [0.5, 0.6) is 0 Å². The predicted octanol–water partition coefficient (Wildman–Crippen LogP) is 1.77. The van der Waals surface area contributed by atoms with Crippen LogP contribution in [-0.4, -0.2) is 42.5 Å². The molecule has 1 amide bonds. The van der Waals surface area contributed by atoms with Crippen LogP contribution in [0.25, 0.3) is 0 Å². The highest BCUT2D eigenvalue weighted by atomic mass is 16.2. The van der Waals surface area contributed by atoms with Crippen LogP contribution < -0.4 is 4.90 Å². The van der Waals surface area contributed by atoms with Gasteiger partial charge in [0, 0.05) is 38.4 Å². The molecule has 0 aromatic carbocycles. The van der Waals surface area contributed by atoms with E-state index in [9.17, 15) is 4.79 Å². The van der Waals surface area contributed by atoms with Crippen molar-refractivity contribution in [3.8, 4) is 0 Å². The third kappa shape index (κ3) is 2.40. The summed E-state index contributed by atoms with van der Waals surface area (Å²) < 4.78 is 0. The monoisotopic (exact) mass is 233 g/mol. The maximum atomic E-state index is 11.9. The van der Waals surface area contributed by atoms with E-state index in [1.807, 2.05) is 6.07 Å². The van der Waals surface area contributed by atoms with Crippen LogP contribution in [0.4, 0.5) is 5.82 Å². The predicted molar refractivity (Wildman–Crippen MR) is 68.3 cm³/mol. The Morgan fingerprint density at radius 2 is 2.29 bits per heavy atom. The second kappa shape index (κ2) is 4.73. The average molecular weight is 233 g/mol. The molecule has 2 heterocycles. The zero-order valence-corrected chi connectivity index (χ0v) is 10.7. The maximum Gasteiger partial charge on any atom is 0.253 e. The average Bonchev–Trinajstić information content (AvgIpc) is 2.74. The highest BCUT2D eigenvalue weighted by molar-refractivity contribution is 5.94. The normalized spacial score (nSPS) is 19.5. The number of amides is 1. The molecule has 92 valence electrons. The van der Waals surface area contributed by atoms with Gasteiger partial charge in [0.15, 0.2) is 0 Å². The van der Waals surface area contributed by atoms with Crippen LogP contribution in [0.3, 0.4) is 0 Å². The Morgan fingerprint density at radius 3 is 2.88 bits per heavy atom. The fraction of sp³-hybridized carbons (Fsp3) is 0.538. The summed E-state index contributed by atoms with van der Waals surface area (Å²) in [5.41, 5.74) is 0.708. The lowest BCUT2D eigenvalue weighted by Gasteiger charge is -2.23. The number of pyridine rings is 1. The van der Waals surface area contributed by atoms with Crippen molar-refractivity contribution < 1.29 is 4.79 Å². The minimum absolute atomic E-state index is 0.0282. The lowest BCUT2D eigenvalue weighted by atomic mass is 10.2. The Morgan fingerprint density at radius 1 is 1.53 bits per heavy atom. The molecule has 0 bridgehead atoms. The zero-order valence-electron chi connectivity index (χ0n) is 10.7. The molecule has 0 spiro atoms. The summed E-state index contributed by atoms with van der Waals surface area (Å²) in [6, 6.07) is 4.18. The number of anilines is 1. The lowest BCUT2D eigenvalue weighted by molar-refractivity contribution is 0.0827. The van der Waals surface area contributed by atoms with Crippen molar-refractivity contribution in [2.45, 2.75) is 25.8 Å². The fourth-order valence-electron chi connectivity index (χ4n) is 2.24. The van der Waals surface area contributed by atoms with E-state index < -0.39 is 0 Å². The van der Waals surface area contributed by atoms with Crippen molar-refractivity contribution in [2.24, 2.45) is 0 Å². The van der Waals surface area contributed by atoms with Gasteiger partial charge in [0.05, 0.1) is 0 Å². The van der Waals surface area contributed by atoms with Crippen molar-refractivity contribution in [1.29, 1.82) is 0 Å². The Bertz CT molecular complexity index is 417. The van der Waals surface area contributed by atoms with E-state index in [-0.39, 0.29) is 5.91 Å². The first-order valence-corrected chi connectivity index (χ1v) is 6.04. The van der Waals surface area contributed by atoms with E-state index in [1.54, 1.807) is 31.3 Å². The second-order valence-corrected chi connectivity index (χ2v) is 4.79. The summed E-state index contributed by atoms with van der Waals surface area (Å²) >= 11 is 0. The van der Waals surface area contributed by atoms with Crippen LogP contribution in [0.2, 0.25) is 0 Å². The summed E-state index contributed by atoms with van der Waals surface area (Å²) in [5.74, 6) is 0.947. The van der Waals surface area contributed by atoms with Crippen LogP contribution in [0.15, 0.2) is 18.3 Å². The van der Waals surface area contributed by atoms with Gasteiger partial charge in [-0.15, -0.1) is 0 Å². The van der Waals surface area contributed by atoms with Crippen molar-refractivity contribution in [3.63, 3.8) is 0 Å². The lowest BCUT2D eigenvalue weighted by Crippen LogP contribution is -2.28. The molecule has 0 saturated carbocycles. The third-order valence-electron chi connectivity index (χ3n) is 3.25. The van der Waals surface area contributed by atoms with Crippen LogP contribution >= 0.6 is 0 Å². The van der Waals surface area contributed by atoms with Gasteiger partial charge in [0.2, 0.25) is 0 Å². The van der Waals surface area contributed by atoms with Gasteiger partial charge in [-0.05, 0) is 31.9 Å². The number of hydrogen-bond acceptors (Lipinski definition) is 3. The van der Waals surface area contributed by atoms with Gasteiger partial charge in [-0.3, -0.25) is 4.79 Å². The maximum absolute atomic E-state index is 11.9. The zero-order chi connectivity index (χ0) is 12.4. The first-order valence-electron chi connectivity index (χ1n) is 6.04. The van der Waals surface area contributed by atoms with Crippen LogP contribution in [0.1, 0.15) is 30.1 Å². The van der Waals surface area contributed by atoms with Crippen molar-refractivity contribution in [3.05, 3.63) is 23.9 Å². The van der Waals surface area contributed by atoms with E-state index in [1.165, 1.54) is 12.8 Å². The van der Waals surface area contributed by atoms with Gasteiger partial charge in [-0.1, -0.05) is 0 Å². The standard InChI is InChI=1S/C13H19N3O/c1-10-5-4-8-16(10)12-9-11(6-7-14-12)13(17)15(2)3/h6-7,9-10H,4-5,8H2,1-3H3. The summed E-state index contributed by atoms with van der Waals surface area (Å²) in [5, 5.41) is 0. The minimum Gasteiger partial charge on any atom is -0.354 e. The molecule has 1 aliphatic heterocycles. The summed E-state index contributed by atoms with van der Waals surface area (Å²) in [6.45, 7) is 3.24. The molecule has 2 rings (SSSR count). The third-order valence-corrected chi connectivity index (χ3v) is 3.25. The molecule has 1 unspecified atom stereocenters. The van der Waals surface area contributed by atoms with Crippen LogP contribution in [-0.2, 0) is 0 Å². The first kappa shape index (κ1) is 11.9. The van der Waals surface area contributed by atoms with Crippen LogP contribution in [0, 0.1) is 0 Å². The van der Waals surface area contributed by atoms with E-state index in [4.69, 9.17) is 0 Å². The van der Waals surface area contributed by atoms with E-state index in [0.29, 0.717) is 11.6 Å². The molecule has 4 heteroatoms. The number of nitrogens with zero attached hydrogens (tertiary/aromatic N) is 3. The van der Waals surface area contributed by atoms with Gasteiger partial charge in [0.1, 0.15) is 5.82 Å². The highest BCUT2D eigenvalue weighted by Gasteiger charge is 2.22. The SMILES string of the molecule is CC1CCCN1c1cc(C(=O)N(C)C)ccn1. The molecule has 1 aliphatic rings. The summed E-state index contributed by atoms with van der Waals surface area (Å²) in [7, 11) is 3.53. The van der Waals surface area contributed by atoms with Gasteiger partial charge in [-0.25, -0.2) is 4.98 Å². The Balaban J connectivity index is 2.25. The quantitative estimate of drug-likeness (QED) is 0.781. The molecular weight excluding hydrogens is 214 g/mol. The topological polar surface area (TPSA) is 36.4 Å². The number of aromatic nitrogens is 1. The largest absolute Gasteiger partial charge is 0.354 e. The van der Waals surface area contributed by atoms with Gasteiger partial charge in [-0.2, -0.15) is 0 Å². The molecule has 1 aromatic rings. The van der Waals surface area contributed by atoms with Gasteiger partial charge >= 0.3 is 0 Å². The highest BCUT2D eigenvalue weighted by Crippen LogP contribution is 2.23. The first-order chi connectivity index (χ1) is 8.09. The molecule has 1 fully saturated rings. The molecule has 4 nitrogen and oxygen atoms in total. The molecular formula is C13H19N3O. The number of hydrogen-bond donors (Lipinski definition) is 0. The molecule has 1 aromatic heterocycles. The molecule has 1 saturated heterocycles. The smallest absolute Gasteiger partial charge is 0.253 e. The number of carbonyl (C=O) groups excluding carboxylic acids is 1. The Kier molecular flexibility index (Phi) is 3.31.